The fourth-order valence-electron chi connectivity index (χ4n) is 3.93. The quantitative estimate of drug-likeness (QED) is 0.237. The van der Waals surface area contributed by atoms with Gasteiger partial charge in [-0.25, -0.2) is 0 Å². The highest BCUT2D eigenvalue weighted by atomic mass is 32.1. The second kappa shape index (κ2) is 8.92. The molecule has 34 heavy (non-hydrogen) atoms. The Morgan fingerprint density at radius 2 is 1.44 bits per heavy atom. The van der Waals surface area contributed by atoms with Crippen molar-refractivity contribution in [1.82, 2.24) is 5.32 Å². The van der Waals surface area contributed by atoms with E-state index in [1.54, 1.807) is 30.3 Å². The predicted octanol–water partition coefficient (Wildman–Crippen LogP) is 5.77. The number of benzene rings is 4. The van der Waals surface area contributed by atoms with Gasteiger partial charge in [0, 0.05) is 0 Å². The van der Waals surface area contributed by atoms with E-state index in [0.717, 1.165) is 21.9 Å². The van der Waals surface area contributed by atoms with Crippen LogP contribution in [0, 0.1) is 6.92 Å². The van der Waals surface area contributed by atoms with E-state index in [0.29, 0.717) is 17.2 Å². The summed E-state index contributed by atoms with van der Waals surface area (Å²) in [5.74, 6) is 0.342. The van der Waals surface area contributed by atoms with Crippen LogP contribution in [0.4, 0.5) is 5.69 Å². The van der Waals surface area contributed by atoms with Crippen molar-refractivity contribution in [3.63, 3.8) is 0 Å². The highest BCUT2D eigenvalue weighted by Crippen LogP contribution is 2.29. The fraction of sp³-hybridized carbons (Fsp3) is 0.0357. The molecule has 0 unspecified atom stereocenters. The average Bonchev–Trinajstić information content (AvgIpc) is 2.85. The molecule has 6 heteroatoms. The number of carbonyl (C=O) groups is 2. The summed E-state index contributed by atoms with van der Waals surface area (Å²) in [6.45, 7) is 2.03. The van der Waals surface area contributed by atoms with Crippen molar-refractivity contribution in [2.24, 2.45) is 0 Å². The summed E-state index contributed by atoms with van der Waals surface area (Å²) in [6.07, 6.45) is 1.63. The fourth-order valence-corrected chi connectivity index (χ4v) is 4.22. The smallest absolute Gasteiger partial charge is 0.270 e. The maximum atomic E-state index is 13.4. The Morgan fingerprint density at radius 1 is 0.794 bits per heavy atom. The van der Waals surface area contributed by atoms with Crippen LogP contribution in [-0.4, -0.2) is 16.9 Å². The lowest BCUT2D eigenvalue weighted by molar-refractivity contribution is -0.122. The van der Waals surface area contributed by atoms with Gasteiger partial charge in [-0.05, 0) is 83.5 Å². The first-order valence-electron chi connectivity index (χ1n) is 10.7. The second-order valence-electron chi connectivity index (χ2n) is 7.88. The van der Waals surface area contributed by atoms with E-state index in [-0.39, 0.29) is 10.7 Å². The third-order valence-electron chi connectivity index (χ3n) is 5.65. The molecule has 1 saturated heterocycles. The van der Waals surface area contributed by atoms with E-state index in [1.807, 2.05) is 73.7 Å². The summed E-state index contributed by atoms with van der Waals surface area (Å²) in [5.41, 5.74) is 2.47. The second-order valence-corrected chi connectivity index (χ2v) is 8.27. The monoisotopic (exact) mass is 464 g/mol. The summed E-state index contributed by atoms with van der Waals surface area (Å²) in [7, 11) is 0. The van der Waals surface area contributed by atoms with Crippen molar-refractivity contribution in [1.29, 1.82) is 0 Å². The lowest BCUT2D eigenvalue weighted by Gasteiger charge is -2.29. The Balaban J connectivity index is 1.47. The topological polar surface area (TPSA) is 58.6 Å². The average molecular weight is 465 g/mol. The van der Waals surface area contributed by atoms with Gasteiger partial charge < -0.3 is 4.74 Å². The Hall–Kier alpha value is -4.29. The molecule has 4 aromatic rings. The van der Waals surface area contributed by atoms with Crippen molar-refractivity contribution in [2.75, 3.05) is 4.90 Å². The van der Waals surface area contributed by atoms with Gasteiger partial charge in [0.1, 0.15) is 17.1 Å². The molecule has 166 valence electrons. The number of amides is 2. The molecule has 1 N–H and O–H groups in total. The van der Waals surface area contributed by atoms with Crippen molar-refractivity contribution in [3.05, 3.63) is 108 Å². The minimum absolute atomic E-state index is 0.0206. The van der Waals surface area contributed by atoms with Crippen LogP contribution in [0.3, 0.4) is 0 Å². The number of para-hydroxylation sites is 1. The minimum atomic E-state index is -0.514. The molecule has 0 saturated carbocycles. The lowest BCUT2D eigenvalue weighted by Crippen LogP contribution is -2.54. The molecule has 0 bridgehead atoms. The Bertz CT molecular complexity index is 1460. The summed E-state index contributed by atoms with van der Waals surface area (Å²) >= 11 is 5.33. The van der Waals surface area contributed by atoms with Crippen molar-refractivity contribution in [2.45, 2.75) is 6.92 Å². The van der Waals surface area contributed by atoms with Crippen LogP contribution in [0.2, 0.25) is 0 Å². The van der Waals surface area contributed by atoms with E-state index < -0.39 is 11.8 Å². The zero-order valence-corrected chi connectivity index (χ0v) is 19.1. The third kappa shape index (κ3) is 4.07. The van der Waals surface area contributed by atoms with Crippen molar-refractivity contribution < 1.29 is 14.3 Å². The molecule has 5 rings (SSSR count). The number of aryl methyl sites for hydroxylation is 1. The molecule has 0 radical (unpaired) electrons. The molecule has 1 aliphatic heterocycles. The first-order chi connectivity index (χ1) is 16.5. The molecule has 0 aromatic heterocycles. The summed E-state index contributed by atoms with van der Waals surface area (Å²) < 4.78 is 5.82. The van der Waals surface area contributed by atoms with E-state index in [1.165, 1.54) is 4.90 Å². The van der Waals surface area contributed by atoms with Gasteiger partial charge in [-0.2, -0.15) is 0 Å². The van der Waals surface area contributed by atoms with Crippen molar-refractivity contribution >= 4 is 51.7 Å². The largest absolute Gasteiger partial charge is 0.457 e. The Kier molecular flexibility index (Phi) is 5.65. The number of nitrogens with one attached hydrogen (secondary N) is 1. The van der Waals surface area contributed by atoms with Gasteiger partial charge in [-0.1, -0.05) is 54.6 Å². The van der Waals surface area contributed by atoms with Gasteiger partial charge in [0.15, 0.2) is 5.11 Å². The third-order valence-corrected chi connectivity index (χ3v) is 5.94. The number of thiocarbonyl (C=S) groups is 1. The Labute approximate surface area is 202 Å². The molecule has 1 heterocycles. The highest BCUT2D eigenvalue weighted by molar-refractivity contribution is 7.80. The Morgan fingerprint density at radius 3 is 2.18 bits per heavy atom. The van der Waals surface area contributed by atoms with Gasteiger partial charge in [0.25, 0.3) is 11.8 Å². The van der Waals surface area contributed by atoms with Crippen LogP contribution in [-0.2, 0) is 9.59 Å². The number of ether oxygens (including phenoxy) is 1. The highest BCUT2D eigenvalue weighted by Gasteiger charge is 2.34. The predicted molar refractivity (Wildman–Crippen MR) is 138 cm³/mol. The van der Waals surface area contributed by atoms with Crippen LogP contribution >= 0.6 is 12.2 Å². The van der Waals surface area contributed by atoms with E-state index >= 15 is 0 Å². The number of fused-ring (bicyclic) bond motifs is 1. The number of hydrogen-bond donors (Lipinski definition) is 1. The standard InChI is InChI=1S/C28H20N2O3S/c1-18-11-12-19(24-10-6-5-9-23(18)24)17-25-26(31)29-28(34)30(27(25)32)20-13-15-22(16-14-20)33-21-7-3-2-4-8-21/h2-17H,1H3,(H,29,31,34). The molecule has 0 spiro atoms. The van der Waals surface area contributed by atoms with Gasteiger partial charge >= 0.3 is 0 Å². The van der Waals surface area contributed by atoms with Crippen LogP contribution in [0.1, 0.15) is 11.1 Å². The molecule has 0 atom stereocenters. The zero-order valence-electron chi connectivity index (χ0n) is 18.3. The summed E-state index contributed by atoms with van der Waals surface area (Å²) in [6, 6.07) is 28.2. The molecule has 4 aromatic carbocycles. The van der Waals surface area contributed by atoms with Crippen LogP contribution in [0.15, 0.2) is 96.6 Å². The van der Waals surface area contributed by atoms with Crippen molar-refractivity contribution in [3.8, 4) is 11.5 Å². The molecule has 2 amide bonds. The maximum absolute atomic E-state index is 13.4. The van der Waals surface area contributed by atoms with Crippen LogP contribution in [0.5, 0.6) is 11.5 Å². The maximum Gasteiger partial charge on any atom is 0.270 e. The molecular weight excluding hydrogens is 444 g/mol. The first kappa shape index (κ1) is 21.6. The van der Waals surface area contributed by atoms with Crippen LogP contribution in [0.25, 0.3) is 16.8 Å². The number of carbonyl (C=O) groups excluding carboxylic acids is 2. The lowest BCUT2D eigenvalue weighted by atomic mass is 9.98. The van der Waals surface area contributed by atoms with E-state index in [2.05, 4.69) is 5.32 Å². The van der Waals surface area contributed by atoms with Gasteiger partial charge in [0.05, 0.1) is 5.69 Å². The number of anilines is 1. The molecule has 1 aliphatic rings. The molecule has 1 fully saturated rings. The molecule has 5 nitrogen and oxygen atoms in total. The number of nitrogens with zero attached hydrogens (tertiary/aromatic N) is 1. The van der Waals surface area contributed by atoms with Gasteiger partial charge in [-0.3, -0.25) is 19.8 Å². The normalized spacial score (nSPS) is 15.0. The molecular formula is C28H20N2O3S. The van der Waals surface area contributed by atoms with Gasteiger partial charge in [0.2, 0.25) is 0 Å². The van der Waals surface area contributed by atoms with E-state index in [9.17, 15) is 9.59 Å². The SMILES string of the molecule is Cc1ccc(C=C2C(=O)NC(=S)N(c3ccc(Oc4ccccc4)cc3)C2=O)c2ccccc12. The first-order valence-corrected chi connectivity index (χ1v) is 11.1. The van der Waals surface area contributed by atoms with Gasteiger partial charge in [-0.15, -0.1) is 0 Å². The number of rotatable bonds is 4. The van der Waals surface area contributed by atoms with E-state index in [4.69, 9.17) is 17.0 Å². The summed E-state index contributed by atoms with van der Waals surface area (Å²) in [4.78, 5) is 27.5. The summed E-state index contributed by atoms with van der Waals surface area (Å²) in [5, 5.41) is 4.72. The zero-order chi connectivity index (χ0) is 23.7. The number of hydrogen-bond acceptors (Lipinski definition) is 4. The minimum Gasteiger partial charge on any atom is -0.457 e. The molecule has 0 aliphatic carbocycles. The van der Waals surface area contributed by atoms with Crippen LogP contribution < -0.4 is 15.0 Å².